The highest BCUT2D eigenvalue weighted by Gasteiger charge is 2.10. The van der Waals surface area contributed by atoms with E-state index >= 15 is 0 Å². The van der Waals surface area contributed by atoms with E-state index < -0.39 is 5.97 Å². The fourth-order valence-electron chi connectivity index (χ4n) is 2.07. The van der Waals surface area contributed by atoms with Crippen LogP contribution in [0.15, 0.2) is 24.5 Å². The van der Waals surface area contributed by atoms with Crippen LogP contribution in [0.25, 0.3) is 0 Å². The third-order valence-electron chi connectivity index (χ3n) is 3.62. The summed E-state index contributed by atoms with van der Waals surface area (Å²) in [6.45, 7) is 5.83. The summed E-state index contributed by atoms with van der Waals surface area (Å²) in [6, 6.07) is 3.15. The van der Waals surface area contributed by atoms with Crippen LogP contribution in [-0.2, 0) is 20.9 Å². The number of ether oxygens (including phenoxy) is 2. The minimum atomic E-state index is -0.434. The number of hydrogen-bond donors (Lipinski definition) is 0. The number of esters is 2. The Hall–Kier alpha value is -2.83. The van der Waals surface area contributed by atoms with Crippen LogP contribution < -0.4 is 0 Å². The number of aryl methyl sites for hydroxylation is 3. The van der Waals surface area contributed by atoms with Gasteiger partial charge < -0.3 is 9.47 Å². The average Bonchev–Trinajstić information content (AvgIpc) is 2.61. The van der Waals surface area contributed by atoms with E-state index in [4.69, 9.17) is 9.47 Å². The molecule has 0 radical (unpaired) electrons. The topological polar surface area (TPSA) is 91.3 Å². The summed E-state index contributed by atoms with van der Waals surface area (Å²) in [7, 11) is 0. The first-order valence-electron chi connectivity index (χ1n) is 8.01. The van der Waals surface area contributed by atoms with Crippen molar-refractivity contribution in [1.82, 2.24) is 15.0 Å². The molecule has 2 heterocycles. The molecule has 0 saturated carbocycles. The molecule has 0 spiro atoms. The van der Waals surface area contributed by atoms with Crippen molar-refractivity contribution in [3.8, 4) is 0 Å². The quantitative estimate of drug-likeness (QED) is 0.563. The lowest BCUT2D eigenvalue weighted by molar-refractivity contribution is -0.145. The van der Waals surface area contributed by atoms with Gasteiger partial charge in [-0.05, 0) is 39.3 Å². The monoisotopic (exact) mass is 343 g/mol. The van der Waals surface area contributed by atoms with Crippen molar-refractivity contribution in [2.24, 2.45) is 0 Å². The summed E-state index contributed by atoms with van der Waals surface area (Å²) in [5.41, 5.74) is 3.52. The van der Waals surface area contributed by atoms with Crippen molar-refractivity contribution in [1.29, 1.82) is 0 Å². The molecule has 0 saturated heterocycles. The van der Waals surface area contributed by atoms with Crippen LogP contribution in [0.1, 0.15) is 46.0 Å². The van der Waals surface area contributed by atoms with E-state index in [-0.39, 0.29) is 25.6 Å². The molecule has 0 aliphatic heterocycles. The van der Waals surface area contributed by atoms with Crippen molar-refractivity contribution in [3.05, 3.63) is 52.9 Å². The molecular formula is C18H21N3O4. The van der Waals surface area contributed by atoms with Crippen LogP contribution in [0.3, 0.4) is 0 Å². The molecule has 0 fully saturated rings. The Balaban J connectivity index is 1.69. The van der Waals surface area contributed by atoms with E-state index in [1.54, 1.807) is 12.1 Å². The van der Waals surface area contributed by atoms with Crippen molar-refractivity contribution in [2.75, 3.05) is 6.61 Å². The second-order valence-electron chi connectivity index (χ2n) is 5.56. The SMILES string of the molecule is Cc1nc(C)c(COC(=O)CCCOC(=O)c2ccncc2)nc1C. The smallest absolute Gasteiger partial charge is 0.338 e. The summed E-state index contributed by atoms with van der Waals surface area (Å²) >= 11 is 0. The van der Waals surface area contributed by atoms with E-state index in [0.29, 0.717) is 17.7 Å². The van der Waals surface area contributed by atoms with Crippen molar-refractivity contribution >= 4 is 11.9 Å². The van der Waals surface area contributed by atoms with Gasteiger partial charge in [-0.1, -0.05) is 0 Å². The second-order valence-corrected chi connectivity index (χ2v) is 5.56. The van der Waals surface area contributed by atoms with E-state index in [9.17, 15) is 9.59 Å². The third-order valence-corrected chi connectivity index (χ3v) is 3.62. The van der Waals surface area contributed by atoms with Gasteiger partial charge in [-0.2, -0.15) is 0 Å². The summed E-state index contributed by atoms with van der Waals surface area (Å²) < 4.78 is 10.3. The Bertz CT molecular complexity index is 747. The highest BCUT2D eigenvalue weighted by Crippen LogP contribution is 2.09. The van der Waals surface area contributed by atoms with Gasteiger partial charge in [0.2, 0.25) is 0 Å². The Morgan fingerprint density at radius 1 is 0.960 bits per heavy atom. The number of nitrogens with zero attached hydrogens (tertiary/aromatic N) is 3. The van der Waals surface area contributed by atoms with Crippen LogP contribution in [0.4, 0.5) is 0 Å². The molecule has 0 unspecified atom stereocenters. The van der Waals surface area contributed by atoms with Gasteiger partial charge in [-0.25, -0.2) is 4.79 Å². The molecule has 2 aromatic heterocycles. The predicted molar refractivity (Wildman–Crippen MR) is 89.8 cm³/mol. The normalized spacial score (nSPS) is 10.4. The molecule has 0 N–H and O–H groups in total. The first-order chi connectivity index (χ1) is 12.0. The molecule has 2 rings (SSSR count). The molecule has 0 aliphatic rings. The first kappa shape index (κ1) is 18.5. The Kier molecular flexibility index (Phi) is 6.56. The van der Waals surface area contributed by atoms with Crippen molar-refractivity contribution < 1.29 is 19.1 Å². The van der Waals surface area contributed by atoms with E-state index in [2.05, 4.69) is 15.0 Å². The number of carbonyl (C=O) groups is 2. The van der Waals surface area contributed by atoms with Gasteiger partial charge in [-0.15, -0.1) is 0 Å². The Morgan fingerprint density at radius 3 is 2.36 bits per heavy atom. The molecule has 7 nitrogen and oxygen atoms in total. The summed E-state index contributed by atoms with van der Waals surface area (Å²) in [5.74, 6) is -0.795. The van der Waals surface area contributed by atoms with E-state index in [1.807, 2.05) is 20.8 Å². The zero-order chi connectivity index (χ0) is 18.2. The van der Waals surface area contributed by atoms with Gasteiger partial charge in [0.25, 0.3) is 0 Å². The predicted octanol–water partition coefficient (Wildman–Crippen LogP) is 2.48. The highest BCUT2D eigenvalue weighted by atomic mass is 16.5. The molecule has 132 valence electrons. The summed E-state index contributed by atoms with van der Waals surface area (Å²) in [6.07, 6.45) is 3.60. The minimum absolute atomic E-state index is 0.0928. The van der Waals surface area contributed by atoms with Crippen LogP contribution >= 0.6 is 0 Å². The lowest BCUT2D eigenvalue weighted by atomic mass is 10.2. The molecule has 0 aliphatic carbocycles. The standard InChI is InChI=1S/C18H21N3O4/c1-12-13(2)21-16(14(3)20-12)11-25-17(22)5-4-10-24-18(23)15-6-8-19-9-7-15/h6-9H,4-5,10-11H2,1-3H3. The first-order valence-corrected chi connectivity index (χ1v) is 8.01. The van der Waals surface area contributed by atoms with Gasteiger partial charge in [0.05, 0.1) is 34.9 Å². The second kappa shape index (κ2) is 8.86. The van der Waals surface area contributed by atoms with Gasteiger partial charge in [0.15, 0.2) is 0 Å². The van der Waals surface area contributed by atoms with Crippen molar-refractivity contribution in [3.63, 3.8) is 0 Å². The molecule has 0 amide bonds. The van der Waals surface area contributed by atoms with Crippen LogP contribution in [0.2, 0.25) is 0 Å². The van der Waals surface area contributed by atoms with Gasteiger partial charge in [0.1, 0.15) is 6.61 Å². The molecule has 7 heteroatoms. The van der Waals surface area contributed by atoms with Gasteiger partial charge in [0, 0.05) is 18.8 Å². The fourth-order valence-corrected chi connectivity index (χ4v) is 2.07. The van der Waals surface area contributed by atoms with Gasteiger partial charge >= 0.3 is 11.9 Å². The zero-order valence-electron chi connectivity index (χ0n) is 14.6. The molecule has 0 bridgehead atoms. The average molecular weight is 343 g/mol. The van der Waals surface area contributed by atoms with E-state index in [1.165, 1.54) is 12.4 Å². The third kappa shape index (κ3) is 5.63. The molecule has 0 aromatic carbocycles. The van der Waals surface area contributed by atoms with Crippen LogP contribution in [0, 0.1) is 20.8 Å². The summed E-state index contributed by atoms with van der Waals surface area (Å²) in [5, 5.41) is 0. The lowest BCUT2D eigenvalue weighted by Gasteiger charge is -2.09. The van der Waals surface area contributed by atoms with Crippen molar-refractivity contribution in [2.45, 2.75) is 40.2 Å². The minimum Gasteiger partial charge on any atom is -0.462 e. The molecule has 2 aromatic rings. The van der Waals surface area contributed by atoms with Gasteiger partial charge in [-0.3, -0.25) is 19.7 Å². The zero-order valence-corrected chi connectivity index (χ0v) is 14.6. The molecule has 0 atom stereocenters. The number of hydrogen-bond acceptors (Lipinski definition) is 7. The molecule has 25 heavy (non-hydrogen) atoms. The maximum Gasteiger partial charge on any atom is 0.338 e. The number of aromatic nitrogens is 3. The van der Waals surface area contributed by atoms with Crippen LogP contribution in [0.5, 0.6) is 0 Å². The number of carbonyl (C=O) groups excluding carboxylic acids is 2. The number of pyridine rings is 1. The Labute approximate surface area is 146 Å². The maximum atomic E-state index is 11.8. The Morgan fingerprint density at radius 2 is 1.64 bits per heavy atom. The largest absolute Gasteiger partial charge is 0.462 e. The lowest BCUT2D eigenvalue weighted by Crippen LogP contribution is -2.11. The molecular weight excluding hydrogens is 322 g/mol. The fraction of sp³-hybridized carbons (Fsp3) is 0.389. The highest BCUT2D eigenvalue weighted by molar-refractivity contribution is 5.89. The maximum absolute atomic E-state index is 11.8. The van der Waals surface area contributed by atoms with Crippen LogP contribution in [-0.4, -0.2) is 33.5 Å². The summed E-state index contributed by atoms with van der Waals surface area (Å²) in [4.78, 5) is 36.1. The number of rotatable bonds is 7. The van der Waals surface area contributed by atoms with E-state index in [0.717, 1.165) is 17.1 Å².